The number of carboxylic acid groups (broad SMARTS) is 1. The number of nitrogens with zero attached hydrogens (tertiary/aromatic N) is 3. The van der Waals surface area contributed by atoms with E-state index >= 15 is 4.39 Å². The monoisotopic (exact) mass is 393 g/mol. The molecule has 1 fully saturated rings. The summed E-state index contributed by atoms with van der Waals surface area (Å²) in [6, 6.07) is 11.8. The van der Waals surface area contributed by atoms with Gasteiger partial charge in [0.15, 0.2) is 0 Å². The number of carbonyl (C=O) groups is 2. The summed E-state index contributed by atoms with van der Waals surface area (Å²) in [5.41, 5.74) is 2.42. The maximum atomic E-state index is 15.1. The zero-order valence-electron chi connectivity index (χ0n) is 16.1. The van der Waals surface area contributed by atoms with Crippen LogP contribution in [0.2, 0.25) is 0 Å². The smallest absolute Gasteiger partial charge is 0.339 e. The Kier molecular flexibility index (Phi) is 4.66. The maximum absolute atomic E-state index is 15.1. The Hall–Kier alpha value is -3.48. The first-order valence-electron chi connectivity index (χ1n) is 9.30. The number of rotatable bonds is 5. The third kappa shape index (κ3) is 3.40. The Morgan fingerprint density at radius 2 is 1.86 bits per heavy atom. The van der Waals surface area contributed by atoms with Crippen LogP contribution in [0.4, 0.5) is 4.39 Å². The largest absolute Gasteiger partial charge is 0.478 e. The van der Waals surface area contributed by atoms with Gasteiger partial charge in [-0.15, -0.1) is 0 Å². The van der Waals surface area contributed by atoms with Crippen molar-refractivity contribution in [2.75, 3.05) is 14.1 Å². The molecule has 2 aromatic carbocycles. The summed E-state index contributed by atoms with van der Waals surface area (Å²) >= 11 is 0. The van der Waals surface area contributed by atoms with Crippen LogP contribution < -0.4 is 0 Å². The molecular formula is C22H20FN3O3. The van der Waals surface area contributed by atoms with Crippen LogP contribution in [0.15, 0.2) is 48.7 Å². The molecule has 1 aromatic heterocycles. The zero-order chi connectivity index (χ0) is 20.7. The molecule has 0 atom stereocenters. The Bertz CT molecular complexity index is 1120. The Morgan fingerprint density at radius 3 is 2.52 bits per heavy atom. The third-order valence-electron chi connectivity index (χ3n) is 5.04. The highest BCUT2D eigenvalue weighted by Gasteiger charge is 2.33. The van der Waals surface area contributed by atoms with Crippen LogP contribution in [0.1, 0.15) is 45.2 Å². The van der Waals surface area contributed by atoms with Crippen molar-refractivity contribution < 1.29 is 19.1 Å². The first-order valence-corrected chi connectivity index (χ1v) is 9.30. The van der Waals surface area contributed by atoms with Crippen LogP contribution in [0.25, 0.3) is 16.8 Å². The van der Waals surface area contributed by atoms with E-state index in [9.17, 15) is 14.7 Å². The predicted molar refractivity (Wildman–Crippen MR) is 106 cm³/mol. The summed E-state index contributed by atoms with van der Waals surface area (Å²) in [6.07, 6.45) is 3.21. The van der Waals surface area contributed by atoms with Crippen molar-refractivity contribution >= 4 is 11.9 Å². The predicted octanol–water partition coefficient (Wildman–Crippen LogP) is 3.96. The Labute approximate surface area is 167 Å². The summed E-state index contributed by atoms with van der Waals surface area (Å²) in [6.45, 7) is 0. The summed E-state index contributed by atoms with van der Waals surface area (Å²) in [7, 11) is 3.15. The summed E-state index contributed by atoms with van der Waals surface area (Å²) in [5, 5.41) is 13.7. The fourth-order valence-corrected chi connectivity index (χ4v) is 3.44. The molecule has 1 saturated carbocycles. The van der Waals surface area contributed by atoms with Crippen molar-refractivity contribution in [3.8, 4) is 16.8 Å². The van der Waals surface area contributed by atoms with Crippen LogP contribution in [0.5, 0.6) is 0 Å². The lowest BCUT2D eigenvalue weighted by atomic mass is 10.0. The van der Waals surface area contributed by atoms with E-state index in [4.69, 9.17) is 0 Å². The summed E-state index contributed by atoms with van der Waals surface area (Å²) in [4.78, 5) is 25.1. The highest BCUT2D eigenvalue weighted by Crippen LogP contribution is 2.42. The topological polar surface area (TPSA) is 75.4 Å². The highest BCUT2D eigenvalue weighted by atomic mass is 19.1. The average molecular weight is 393 g/mol. The molecule has 4 rings (SSSR count). The molecule has 1 aliphatic carbocycles. The number of aromatic carboxylic acids is 1. The lowest BCUT2D eigenvalue weighted by Gasteiger charge is -2.14. The first-order chi connectivity index (χ1) is 13.9. The van der Waals surface area contributed by atoms with Gasteiger partial charge in [-0.1, -0.05) is 24.3 Å². The molecule has 6 nitrogen and oxygen atoms in total. The van der Waals surface area contributed by atoms with E-state index in [-0.39, 0.29) is 17.0 Å². The fraction of sp³-hybridized carbons (Fsp3) is 0.227. The highest BCUT2D eigenvalue weighted by molar-refractivity contribution is 5.95. The lowest BCUT2D eigenvalue weighted by molar-refractivity contribution is 0.0695. The van der Waals surface area contributed by atoms with Gasteiger partial charge in [-0.2, -0.15) is 5.10 Å². The molecule has 0 aliphatic heterocycles. The van der Waals surface area contributed by atoms with Crippen LogP contribution in [0.3, 0.4) is 0 Å². The number of hydrogen-bond acceptors (Lipinski definition) is 3. The minimum absolute atomic E-state index is 0.00354. The number of amides is 1. The molecule has 1 N–H and O–H groups in total. The summed E-state index contributed by atoms with van der Waals surface area (Å²) < 4.78 is 16.7. The number of carbonyl (C=O) groups excluding carboxylic acids is 1. The van der Waals surface area contributed by atoms with Crippen molar-refractivity contribution in [1.29, 1.82) is 0 Å². The normalized spacial score (nSPS) is 13.3. The molecule has 1 heterocycles. The van der Waals surface area contributed by atoms with Gasteiger partial charge >= 0.3 is 5.97 Å². The van der Waals surface area contributed by atoms with Crippen LogP contribution in [-0.4, -0.2) is 45.8 Å². The number of carboxylic acids is 1. The van der Waals surface area contributed by atoms with Gasteiger partial charge < -0.3 is 10.0 Å². The molecule has 0 saturated heterocycles. The number of benzene rings is 2. The molecule has 7 heteroatoms. The van der Waals surface area contributed by atoms with E-state index < -0.39 is 17.7 Å². The van der Waals surface area contributed by atoms with Crippen LogP contribution >= 0.6 is 0 Å². The van der Waals surface area contributed by atoms with E-state index in [1.54, 1.807) is 55.2 Å². The van der Waals surface area contributed by atoms with Crippen molar-refractivity contribution in [1.82, 2.24) is 14.7 Å². The average Bonchev–Trinajstić information content (AvgIpc) is 3.44. The van der Waals surface area contributed by atoms with E-state index in [0.29, 0.717) is 22.5 Å². The minimum atomic E-state index is -1.00. The molecule has 0 bridgehead atoms. The molecular weight excluding hydrogens is 373 g/mol. The van der Waals surface area contributed by atoms with Crippen LogP contribution in [0, 0.1) is 5.82 Å². The SMILES string of the molecule is CN(C)C(=O)c1cccc(-c2cccc(-n3ncc(C(=O)O)c3C3CC3)c2)c1F. The van der Waals surface area contributed by atoms with Gasteiger partial charge in [0.1, 0.15) is 11.4 Å². The molecule has 0 spiro atoms. The number of halogens is 1. The van der Waals surface area contributed by atoms with Crippen molar-refractivity contribution in [3.05, 3.63) is 71.3 Å². The number of aromatic nitrogens is 2. The minimum Gasteiger partial charge on any atom is -0.478 e. The van der Waals surface area contributed by atoms with Gasteiger partial charge in [0.25, 0.3) is 5.91 Å². The van der Waals surface area contributed by atoms with Crippen molar-refractivity contribution in [2.24, 2.45) is 0 Å². The van der Waals surface area contributed by atoms with Gasteiger partial charge in [-0.05, 0) is 36.6 Å². The number of hydrogen-bond donors (Lipinski definition) is 1. The molecule has 1 aliphatic rings. The van der Waals surface area contributed by atoms with E-state index in [1.165, 1.54) is 17.2 Å². The zero-order valence-corrected chi connectivity index (χ0v) is 16.1. The second-order valence-corrected chi connectivity index (χ2v) is 7.35. The molecule has 3 aromatic rings. The van der Waals surface area contributed by atoms with E-state index in [1.807, 2.05) is 0 Å². The molecule has 0 radical (unpaired) electrons. The second kappa shape index (κ2) is 7.16. The Morgan fingerprint density at radius 1 is 1.14 bits per heavy atom. The third-order valence-corrected chi connectivity index (χ3v) is 5.04. The molecule has 1 amide bonds. The maximum Gasteiger partial charge on any atom is 0.339 e. The molecule has 29 heavy (non-hydrogen) atoms. The summed E-state index contributed by atoms with van der Waals surface area (Å²) in [5.74, 6) is -1.83. The quantitative estimate of drug-likeness (QED) is 0.712. The van der Waals surface area contributed by atoms with Gasteiger partial charge in [0.2, 0.25) is 0 Å². The van der Waals surface area contributed by atoms with Gasteiger partial charge in [-0.25, -0.2) is 13.9 Å². The van der Waals surface area contributed by atoms with Gasteiger partial charge in [-0.3, -0.25) is 4.79 Å². The van der Waals surface area contributed by atoms with Crippen molar-refractivity contribution in [3.63, 3.8) is 0 Å². The first kappa shape index (κ1) is 18.9. The second-order valence-electron chi connectivity index (χ2n) is 7.35. The van der Waals surface area contributed by atoms with Crippen LogP contribution in [-0.2, 0) is 0 Å². The van der Waals surface area contributed by atoms with Gasteiger partial charge in [0.05, 0.1) is 23.1 Å². The molecule has 148 valence electrons. The Balaban J connectivity index is 1.80. The fourth-order valence-electron chi connectivity index (χ4n) is 3.44. The van der Waals surface area contributed by atoms with Gasteiger partial charge in [0, 0.05) is 25.6 Å². The molecule has 0 unspecified atom stereocenters. The van der Waals surface area contributed by atoms with Crippen molar-refractivity contribution in [2.45, 2.75) is 18.8 Å². The lowest BCUT2D eigenvalue weighted by Crippen LogP contribution is -2.22. The van der Waals surface area contributed by atoms with E-state index in [2.05, 4.69) is 5.10 Å². The standard InChI is InChI=1S/C22H20FN3O3/c1-25(2)21(27)17-8-4-7-16(19(17)23)14-5-3-6-15(11-14)26-20(13-9-10-13)18(12-24-26)22(28)29/h3-8,11-13H,9-10H2,1-2H3,(H,28,29). The van der Waals surface area contributed by atoms with E-state index in [0.717, 1.165) is 12.8 Å².